The van der Waals surface area contributed by atoms with E-state index in [1.54, 1.807) is 6.20 Å². The molecule has 8 heteroatoms. The number of nitrogens with one attached hydrogen (secondary N) is 2. The fourth-order valence-electron chi connectivity index (χ4n) is 1.97. The number of aryl methyl sites for hydroxylation is 1. The molecule has 0 radical (unpaired) electrons. The highest BCUT2D eigenvalue weighted by Gasteiger charge is 2.13. The lowest BCUT2D eigenvalue weighted by Crippen LogP contribution is -2.10. The summed E-state index contributed by atoms with van der Waals surface area (Å²) in [6, 6.07) is 9.92. The summed E-state index contributed by atoms with van der Waals surface area (Å²) in [7, 11) is 1.87. The number of fused-ring (bicyclic) bond motifs is 1. The highest BCUT2D eigenvalue weighted by Crippen LogP contribution is 2.28. The van der Waals surface area contributed by atoms with Crippen LogP contribution in [-0.4, -0.2) is 22.2 Å². The lowest BCUT2D eigenvalue weighted by atomic mass is 10.2. The van der Waals surface area contributed by atoms with Gasteiger partial charge in [0.15, 0.2) is 11.5 Å². The predicted octanol–water partition coefficient (Wildman–Crippen LogP) is 4.07. The molecular formula is C14H14BrN5OS. The Bertz CT molecular complexity index is 794. The largest absolute Gasteiger partial charge is 0.276 e. The minimum atomic E-state index is 0.734. The molecule has 0 amide bonds. The Kier molecular flexibility index (Phi) is 4.51. The van der Waals surface area contributed by atoms with E-state index in [0.717, 1.165) is 39.2 Å². The second-order valence-corrected chi connectivity index (χ2v) is 6.50. The number of rotatable bonds is 5. The molecule has 0 saturated heterocycles. The number of hydrogen-bond donors (Lipinski definition) is 2. The van der Waals surface area contributed by atoms with Gasteiger partial charge in [-0.05, 0) is 46.6 Å². The van der Waals surface area contributed by atoms with Crippen molar-refractivity contribution in [1.82, 2.24) is 15.2 Å². The number of pyridine rings is 1. The molecule has 6 nitrogen and oxygen atoms in total. The van der Waals surface area contributed by atoms with Crippen LogP contribution in [0.2, 0.25) is 0 Å². The SMILES string of the molecule is Cc1cccc(NOSN(C)c2n[nH]c3ncc(Br)cc23)c1. The maximum atomic E-state index is 5.45. The number of anilines is 2. The van der Waals surface area contributed by atoms with Crippen LogP contribution >= 0.6 is 28.2 Å². The summed E-state index contributed by atoms with van der Waals surface area (Å²) >= 11 is 4.57. The highest BCUT2D eigenvalue weighted by molar-refractivity contribution is 9.10. The van der Waals surface area contributed by atoms with Crippen LogP contribution in [0.25, 0.3) is 11.0 Å². The third-order valence-electron chi connectivity index (χ3n) is 2.99. The number of hydrogen-bond acceptors (Lipinski definition) is 6. The van der Waals surface area contributed by atoms with Crippen molar-refractivity contribution in [2.75, 3.05) is 16.8 Å². The minimum Gasteiger partial charge on any atom is -0.276 e. The zero-order valence-electron chi connectivity index (χ0n) is 12.0. The molecule has 0 bridgehead atoms. The topological polar surface area (TPSA) is 66.1 Å². The lowest BCUT2D eigenvalue weighted by Gasteiger charge is -2.14. The maximum Gasteiger partial charge on any atom is 0.171 e. The van der Waals surface area contributed by atoms with Crippen molar-refractivity contribution in [3.63, 3.8) is 0 Å². The van der Waals surface area contributed by atoms with E-state index in [1.165, 1.54) is 5.56 Å². The van der Waals surface area contributed by atoms with Crippen molar-refractivity contribution >= 4 is 50.7 Å². The number of aromatic nitrogens is 3. The van der Waals surface area contributed by atoms with Crippen molar-refractivity contribution in [2.24, 2.45) is 0 Å². The first-order valence-electron chi connectivity index (χ1n) is 6.53. The fraction of sp³-hybridized carbons (Fsp3) is 0.143. The van der Waals surface area contributed by atoms with Crippen LogP contribution in [-0.2, 0) is 4.28 Å². The van der Waals surface area contributed by atoms with E-state index in [9.17, 15) is 0 Å². The highest BCUT2D eigenvalue weighted by atomic mass is 79.9. The molecule has 0 aliphatic heterocycles. The summed E-state index contributed by atoms with van der Waals surface area (Å²) in [5, 5.41) is 8.08. The van der Waals surface area contributed by atoms with Gasteiger partial charge in [0, 0.05) is 17.7 Å². The molecule has 1 aromatic carbocycles. The second kappa shape index (κ2) is 6.55. The quantitative estimate of drug-likeness (QED) is 0.395. The molecule has 2 heterocycles. The Labute approximate surface area is 140 Å². The molecule has 2 N–H and O–H groups in total. The molecule has 0 aliphatic rings. The van der Waals surface area contributed by atoms with Gasteiger partial charge in [-0.2, -0.15) is 9.38 Å². The predicted molar refractivity (Wildman–Crippen MR) is 93.5 cm³/mol. The Balaban J connectivity index is 1.66. The summed E-state index contributed by atoms with van der Waals surface area (Å²) in [4.78, 5) is 4.26. The number of halogens is 1. The molecule has 0 atom stereocenters. The van der Waals surface area contributed by atoms with E-state index < -0.39 is 0 Å². The summed E-state index contributed by atoms with van der Waals surface area (Å²) in [6.45, 7) is 2.03. The van der Waals surface area contributed by atoms with Gasteiger partial charge >= 0.3 is 0 Å². The smallest absolute Gasteiger partial charge is 0.171 e. The van der Waals surface area contributed by atoms with Crippen LogP contribution in [0.4, 0.5) is 11.5 Å². The Morgan fingerprint density at radius 3 is 3.05 bits per heavy atom. The van der Waals surface area contributed by atoms with Crippen molar-refractivity contribution in [1.29, 1.82) is 0 Å². The molecular weight excluding hydrogens is 366 g/mol. The normalized spacial score (nSPS) is 10.9. The molecule has 3 aromatic rings. The van der Waals surface area contributed by atoms with Gasteiger partial charge in [-0.15, -0.1) is 0 Å². The van der Waals surface area contributed by atoms with Crippen LogP contribution in [0, 0.1) is 6.92 Å². The van der Waals surface area contributed by atoms with Gasteiger partial charge in [-0.1, -0.05) is 12.1 Å². The van der Waals surface area contributed by atoms with Crippen molar-refractivity contribution < 1.29 is 4.28 Å². The minimum absolute atomic E-state index is 0.734. The number of aromatic amines is 1. The van der Waals surface area contributed by atoms with Crippen molar-refractivity contribution in [3.05, 3.63) is 46.6 Å². The van der Waals surface area contributed by atoms with Gasteiger partial charge in [0.2, 0.25) is 0 Å². The second-order valence-electron chi connectivity index (χ2n) is 4.72. The zero-order valence-corrected chi connectivity index (χ0v) is 14.4. The number of benzene rings is 1. The van der Waals surface area contributed by atoms with E-state index in [0.29, 0.717) is 0 Å². The van der Waals surface area contributed by atoms with E-state index in [2.05, 4.69) is 36.6 Å². The van der Waals surface area contributed by atoms with Crippen molar-refractivity contribution in [2.45, 2.75) is 6.92 Å². The van der Waals surface area contributed by atoms with E-state index in [4.69, 9.17) is 4.28 Å². The molecule has 0 unspecified atom stereocenters. The molecule has 22 heavy (non-hydrogen) atoms. The third-order valence-corrected chi connectivity index (χ3v) is 3.98. The average Bonchev–Trinajstić information content (AvgIpc) is 2.90. The van der Waals surface area contributed by atoms with Gasteiger partial charge in [0.05, 0.1) is 11.1 Å². The van der Waals surface area contributed by atoms with Gasteiger partial charge < -0.3 is 0 Å². The monoisotopic (exact) mass is 379 g/mol. The first-order valence-corrected chi connectivity index (χ1v) is 8.02. The molecule has 0 spiro atoms. The molecule has 0 saturated carbocycles. The first-order chi connectivity index (χ1) is 10.6. The number of nitrogens with zero attached hydrogens (tertiary/aromatic N) is 3. The first kappa shape index (κ1) is 15.1. The molecule has 3 rings (SSSR count). The van der Waals surface area contributed by atoms with Crippen LogP contribution < -0.4 is 9.79 Å². The van der Waals surface area contributed by atoms with Crippen LogP contribution in [0.15, 0.2) is 41.0 Å². The summed E-state index contributed by atoms with van der Waals surface area (Å²) < 4.78 is 8.16. The summed E-state index contributed by atoms with van der Waals surface area (Å²) in [6.07, 6.45) is 1.73. The van der Waals surface area contributed by atoms with E-state index in [-0.39, 0.29) is 0 Å². The van der Waals surface area contributed by atoms with Crippen molar-refractivity contribution in [3.8, 4) is 0 Å². The van der Waals surface area contributed by atoms with Gasteiger partial charge in [-0.25, -0.2) is 4.98 Å². The summed E-state index contributed by atoms with van der Waals surface area (Å²) in [5.41, 5.74) is 5.70. The third kappa shape index (κ3) is 3.34. The average molecular weight is 380 g/mol. The Morgan fingerprint density at radius 1 is 1.36 bits per heavy atom. The Hall–Kier alpha value is -1.77. The van der Waals surface area contributed by atoms with Crippen LogP contribution in [0.5, 0.6) is 0 Å². The van der Waals surface area contributed by atoms with E-state index >= 15 is 0 Å². The van der Waals surface area contributed by atoms with Crippen LogP contribution in [0.1, 0.15) is 5.56 Å². The van der Waals surface area contributed by atoms with Gasteiger partial charge in [-0.3, -0.25) is 14.9 Å². The summed E-state index contributed by atoms with van der Waals surface area (Å²) in [5.74, 6) is 0.750. The standard InChI is InChI=1S/C14H14BrN5OS/c1-9-4-3-5-11(6-9)19-21-22-20(2)14-12-7-10(15)8-16-13(12)17-18-14/h3-8,19H,1-2H3,(H,16,17,18). The Morgan fingerprint density at radius 2 is 2.23 bits per heavy atom. The van der Waals surface area contributed by atoms with Gasteiger partial charge in [0.25, 0.3) is 0 Å². The molecule has 2 aromatic heterocycles. The molecule has 0 aliphatic carbocycles. The maximum absolute atomic E-state index is 5.45. The molecule has 114 valence electrons. The number of H-pyrrole nitrogens is 1. The fourth-order valence-corrected chi connectivity index (χ4v) is 2.76. The van der Waals surface area contributed by atoms with E-state index in [1.807, 2.05) is 48.6 Å². The lowest BCUT2D eigenvalue weighted by molar-refractivity contribution is 0.476. The van der Waals surface area contributed by atoms with Gasteiger partial charge in [0.1, 0.15) is 12.2 Å². The molecule has 0 fully saturated rings. The van der Waals surface area contributed by atoms with Crippen LogP contribution in [0.3, 0.4) is 0 Å². The zero-order chi connectivity index (χ0) is 15.5.